The second-order valence-electron chi connectivity index (χ2n) is 4.79. The Kier molecular flexibility index (Phi) is 6.21. The van der Waals surface area contributed by atoms with Gasteiger partial charge in [0.05, 0.1) is 35.4 Å². The quantitative estimate of drug-likeness (QED) is 0.514. The van der Waals surface area contributed by atoms with E-state index in [9.17, 15) is 9.59 Å². The predicted octanol–water partition coefficient (Wildman–Crippen LogP) is 5.20. The Bertz CT molecular complexity index is 764. The average molecular weight is 410 g/mol. The predicted molar refractivity (Wildman–Crippen MR) is 95.8 cm³/mol. The van der Waals surface area contributed by atoms with E-state index in [4.69, 9.17) is 55.9 Å². The zero-order chi connectivity index (χ0) is 18.0. The highest BCUT2D eigenvalue weighted by molar-refractivity contribution is 6.45. The fourth-order valence-corrected chi connectivity index (χ4v) is 3.53. The van der Waals surface area contributed by atoms with Gasteiger partial charge in [-0.2, -0.15) is 0 Å². The molecule has 0 saturated carbocycles. The molecule has 8 heteroatoms. The lowest BCUT2D eigenvalue weighted by Gasteiger charge is -2.16. The molecule has 2 aromatic rings. The molecule has 4 nitrogen and oxygen atoms in total. The minimum Gasteiger partial charge on any atom is -0.465 e. The zero-order valence-corrected chi connectivity index (χ0v) is 15.7. The summed E-state index contributed by atoms with van der Waals surface area (Å²) in [7, 11) is 2.36. The molecule has 24 heavy (non-hydrogen) atoms. The van der Waals surface area contributed by atoms with E-state index < -0.39 is 11.9 Å². The van der Waals surface area contributed by atoms with E-state index in [1.165, 1.54) is 14.2 Å². The van der Waals surface area contributed by atoms with Gasteiger partial charge in [0.25, 0.3) is 0 Å². The maximum absolute atomic E-state index is 12.1. The van der Waals surface area contributed by atoms with E-state index in [1.807, 2.05) is 0 Å². The topological polar surface area (TPSA) is 52.6 Å². The molecule has 2 rings (SSSR count). The highest BCUT2D eigenvalue weighted by Crippen LogP contribution is 2.39. The molecule has 0 heterocycles. The van der Waals surface area contributed by atoms with Crippen molar-refractivity contribution in [2.75, 3.05) is 14.2 Å². The first kappa shape index (κ1) is 19.1. The molecule has 0 amide bonds. The molecule has 0 N–H and O–H groups in total. The lowest BCUT2D eigenvalue weighted by Crippen LogP contribution is -2.14. The van der Waals surface area contributed by atoms with Crippen LogP contribution in [0.15, 0.2) is 12.1 Å². The van der Waals surface area contributed by atoms with Crippen LogP contribution in [0.1, 0.15) is 31.8 Å². The zero-order valence-electron chi connectivity index (χ0n) is 12.7. The summed E-state index contributed by atoms with van der Waals surface area (Å²) in [5.74, 6) is -1.17. The normalized spacial score (nSPS) is 10.8. The Morgan fingerprint density at radius 3 is 1.42 bits per heavy atom. The molecule has 0 aliphatic heterocycles. The number of alkyl halides is 2. The maximum Gasteiger partial charge on any atom is 0.340 e. The highest BCUT2D eigenvalue weighted by atomic mass is 35.5. The summed E-state index contributed by atoms with van der Waals surface area (Å²) < 4.78 is 9.44. The van der Waals surface area contributed by atoms with Gasteiger partial charge in [-0.1, -0.05) is 23.2 Å². The summed E-state index contributed by atoms with van der Waals surface area (Å²) in [6, 6.07) is 3.39. The monoisotopic (exact) mass is 408 g/mol. The summed E-state index contributed by atoms with van der Waals surface area (Å²) in [5.41, 5.74) is 1.20. The van der Waals surface area contributed by atoms with E-state index in [-0.39, 0.29) is 32.9 Å². The van der Waals surface area contributed by atoms with Gasteiger partial charge < -0.3 is 9.47 Å². The number of carbonyl (C=O) groups is 2. The van der Waals surface area contributed by atoms with Crippen LogP contribution in [0.4, 0.5) is 0 Å². The number of ether oxygens (including phenoxy) is 2. The second kappa shape index (κ2) is 7.79. The van der Waals surface area contributed by atoms with Crippen LogP contribution in [0.5, 0.6) is 0 Å². The van der Waals surface area contributed by atoms with Gasteiger partial charge in [-0.25, -0.2) is 9.59 Å². The minimum absolute atomic E-state index is 0.0362. The molecule has 0 fully saturated rings. The third-order valence-electron chi connectivity index (χ3n) is 3.57. The number of carbonyl (C=O) groups excluding carboxylic acids is 2. The molecule has 0 aliphatic rings. The first-order chi connectivity index (χ1) is 11.4. The van der Waals surface area contributed by atoms with Crippen molar-refractivity contribution in [2.45, 2.75) is 11.8 Å². The van der Waals surface area contributed by atoms with Crippen LogP contribution in [0.25, 0.3) is 10.8 Å². The summed E-state index contributed by atoms with van der Waals surface area (Å²) in [6.07, 6.45) is 0. The largest absolute Gasteiger partial charge is 0.465 e. The van der Waals surface area contributed by atoms with E-state index >= 15 is 0 Å². The fraction of sp³-hybridized carbons (Fsp3) is 0.250. The molecule has 0 unspecified atom stereocenters. The first-order valence-electron chi connectivity index (χ1n) is 6.66. The Hall–Kier alpha value is -1.20. The van der Waals surface area contributed by atoms with Crippen LogP contribution in [-0.4, -0.2) is 26.2 Å². The van der Waals surface area contributed by atoms with Crippen molar-refractivity contribution in [3.63, 3.8) is 0 Å². The van der Waals surface area contributed by atoms with Crippen LogP contribution in [0.3, 0.4) is 0 Å². The Balaban J connectivity index is 3.01. The number of esters is 2. The van der Waals surface area contributed by atoms with Crippen molar-refractivity contribution in [2.24, 2.45) is 0 Å². The van der Waals surface area contributed by atoms with Gasteiger partial charge in [-0.05, 0) is 23.3 Å². The van der Waals surface area contributed by atoms with Crippen LogP contribution < -0.4 is 0 Å². The van der Waals surface area contributed by atoms with Crippen LogP contribution in [-0.2, 0) is 21.2 Å². The number of halogens is 4. The fourth-order valence-electron chi connectivity index (χ4n) is 2.38. The molecule has 0 saturated heterocycles. The number of benzene rings is 2. The standard InChI is InChI=1S/C16H12Cl4O4/c1-23-15(21)11-12(16(22)24-2)14(20)10-4-8(6-18)7(5-17)3-9(10)13(11)19/h3-4H,5-6H2,1-2H3. The number of hydrogen-bond acceptors (Lipinski definition) is 4. The number of fused-ring (bicyclic) bond motifs is 1. The number of rotatable bonds is 4. The van der Waals surface area contributed by atoms with Crippen LogP contribution in [0.2, 0.25) is 10.0 Å². The van der Waals surface area contributed by atoms with Gasteiger partial charge >= 0.3 is 11.9 Å². The molecule has 0 aromatic heterocycles. The van der Waals surface area contributed by atoms with E-state index in [0.29, 0.717) is 10.8 Å². The van der Waals surface area contributed by atoms with Crippen molar-refractivity contribution in [1.29, 1.82) is 0 Å². The molecule has 0 aliphatic carbocycles. The average Bonchev–Trinajstić information content (AvgIpc) is 2.61. The van der Waals surface area contributed by atoms with Crippen LogP contribution in [0, 0.1) is 0 Å². The molecule has 2 aromatic carbocycles. The van der Waals surface area contributed by atoms with Crippen molar-refractivity contribution in [1.82, 2.24) is 0 Å². The lowest BCUT2D eigenvalue weighted by atomic mass is 9.96. The minimum atomic E-state index is -0.793. The van der Waals surface area contributed by atoms with Gasteiger partial charge in [0.2, 0.25) is 0 Å². The summed E-state index contributed by atoms with van der Waals surface area (Å²) >= 11 is 24.6. The van der Waals surface area contributed by atoms with Gasteiger partial charge in [0.1, 0.15) is 0 Å². The Morgan fingerprint density at radius 1 is 0.833 bits per heavy atom. The maximum atomic E-state index is 12.1. The van der Waals surface area contributed by atoms with E-state index in [2.05, 4.69) is 0 Å². The van der Waals surface area contributed by atoms with Crippen molar-refractivity contribution in [3.05, 3.63) is 44.4 Å². The van der Waals surface area contributed by atoms with E-state index in [0.717, 1.165) is 11.1 Å². The third-order valence-corrected chi connectivity index (χ3v) is 4.93. The van der Waals surface area contributed by atoms with Crippen molar-refractivity contribution < 1.29 is 19.1 Å². The van der Waals surface area contributed by atoms with Gasteiger partial charge in [-0.3, -0.25) is 0 Å². The smallest absolute Gasteiger partial charge is 0.340 e. The number of methoxy groups -OCH3 is 2. The van der Waals surface area contributed by atoms with Crippen LogP contribution >= 0.6 is 46.4 Å². The molecule has 0 spiro atoms. The molecule has 128 valence electrons. The molecule has 0 bridgehead atoms. The van der Waals surface area contributed by atoms with Gasteiger partial charge in [0.15, 0.2) is 0 Å². The molecular weight excluding hydrogens is 398 g/mol. The Labute approximate surface area is 158 Å². The summed E-state index contributed by atoms with van der Waals surface area (Å²) in [6.45, 7) is 0. The second-order valence-corrected chi connectivity index (χ2v) is 6.09. The lowest BCUT2D eigenvalue weighted by molar-refractivity contribution is 0.0556. The first-order valence-corrected chi connectivity index (χ1v) is 8.48. The third kappa shape index (κ3) is 3.16. The van der Waals surface area contributed by atoms with Crippen molar-refractivity contribution >= 4 is 69.1 Å². The molecule has 0 radical (unpaired) electrons. The highest BCUT2D eigenvalue weighted by Gasteiger charge is 2.28. The van der Waals surface area contributed by atoms with E-state index in [1.54, 1.807) is 12.1 Å². The summed E-state index contributed by atoms with van der Waals surface area (Å²) in [5, 5.41) is 1.02. The van der Waals surface area contributed by atoms with Gasteiger partial charge in [0, 0.05) is 22.5 Å². The number of hydrogen-bond donors (Lipinski definition) is 0. The van der Waals surface area contributed by atoms with Gasteiger partial charge in [-0.15, -0.1) is 23.2 Å². The van der Waals surface area contributed by atoms with Crippen molar-refractivity contribution in [3.8, 4) is 0 Å². The summed E-state index contributed by atoms with van der Waals surface area (Å²) in [4.78, 5) is 24.3. The molecular formula is C16H12Cl4O4. The Morgan fingerprint density at radius 2 is 1.17 bits per heavy atom. The SMILES string of the molecule is COC(=O)c1c(C(=O)OC)c(Cl)c2cc(CCl)c(CCl)cc2c1Cl. The molecule has 0 atom stereocenters.